The molecule has 3 N–H and O–H groups in total. The lowest BCUT2D eigenvalue weighted by atomic mass is 9.86. The molecule has 13 heteroatoms. The van der Waals surface area contributed by atoms with Gasteiger partial charge in [-0.25, -0.2) is 13.2 Å². The van der Waals surface area contributed by atoms with E-state index in [0.717, 1.165) is 22.9 Å². The SMILES string of the molecule is NC(=O)c1cc(-c2cccnc2[C@@H](CC(=O)Cn2nc(C(F)(F)F)c3c2CCC3O)Cc2cc(F)cc(F)c2)ccc1F. The lowest BCUT2D eigenvalue weighted by molar-refractivity contribution is -0.143. The molecule has 7 nitrogen and oxygen atoms in total. The van der Waals surface area contributed by atoms with Crippen molar-refractivity contribution >= 4 is 11.7 Å². The van der Waals surface area contributed by atoms with Crippen LogP contribution >= 0.6 is 0 Å². The molecule has 43 heavy (non-hydrogen) atoms. The lowest BCUT2D eigenvalue weighted by Gasteiger charge is -2.20. The molecule has 0 saturated carbocycles. The minimum atomic E-state index is -4.84. The van der Waals surface area contributed by atoms with E-state index in [1.807, 2.05) is 0 Å². The van der Waals surface area contributed by atoms with Crippen molar-refractivity contribution in [2.45, 2.75) is 50.4 Å². The largest absolute Gasteiger partial charge is 0.435 e. The summed E-state index contributed by atoms with van der Waals surface area (Å²) in [6.45, 7) is -0.552. The Kier molecular flexibility index (Phi) is 8.10. The summed E-state index contributed by atoms with van der Waals surface area (Å²) in [4.78, 5) is 29.6. The van der Waals surface area contributed by atoms with Crippen molar-refractivity contribution < 1.29 is 41.0 Å². The average Bonchev–Trinajstić information content (AvgIpc) is 3.48. The number of hydrogen-bond donors (Lipinski definition) is 2. The molecule has 224 valence electrons. The Morgan fingerprint density at radius 3 is 2.47 bits per heavy atom. The fraction of sp³-hybridized carbons (Fsp3) is 0.267. The number of carbonyl (C=O) groups excluding carboxylic acids is 2. The second kappa shape index (κ2) is 11.6. The van der Waals surface area contributed by atoms with Crippen molar-refractivity contribution in [2.24, 2.45) is 5.73 Å². The van der Waals surface area contributed by atoms with Gasteiger partial charge in [-0.2, -0.15) is 18.3 Å². The predicted molar refractivity (Wildman–Crippen MR) is 141 cm³/mol. The van der Waals surface area contributed by atoms with Gasteiger partial charge in [-0.15, -0.1) is 0 Å². The summed E-state index contributed by atoms with van der Waals surface area (Å²) in [5.74, 6) is -4.98. The molecule has 0 aliphatic heterocycles. The molecule has 5 rings (SSSR count). The smallest absolute Gasteiger partial charge is 0.388 e. The molecule has 2 heterocycles. The number of amides is 1. The maximum atomic E-state index is 14.2. The van der Waals surface area contributed by atoms with Crippen molar-refractivity contribution in [1.29, 1.82) is 0 Å². The van der Waals surface area contributed by atoms with Gasteiger partial charge < -0.3 is 10.8 Å². The molecule has 2 aromatic carbocycles. The van der Waals surface area contributed by atoms with E-state index in [1.165, 1.54) is 18.3 Å². The first-order valence-electron chi connectivity index (χ1n) is 13.2. The van der Waals surface area contributed by atoms with Crippen LogP contribution < -0.4 is 5.73 Å². The van der Waals surface area contributed by atoms with Crippen LogP contribution in [0.5, 0.6) is 0 Å². The molecule has 4 aromatic rings. The fourth-order valence-electron chi connectivity index (χ4n) is 5.54. The highest BCUT2D eigenvalue weighted by Crippen LogP contribution is 2.41. The molecule has 0 fully saturated rings. The van der Waals surface area contributed by atoms with Gasteiger partial charge in [0.15, 0.2) is 11.5 Å². The number of aliphatic hydroxyl groups excluding tert-OH is 1. The number of halogens is 6. The van der Waals surface area contributed by atoms with E-state index in [4.69, 9.17) is 5.73 Å². The van der Waals surface area contributed by atoms with Crippen LogP contribution in [-0.4, -0.2) is 31.6 Å². The van der Waals surface area contributed by atoms with Crippen LogP contribution in [-0.2, 0) is 30.4 Å². The first kappa shape index (κ1) is 30.0. The van der Waals surface area contributed by atoms with Gasteiger partial charge in [0.2, 0.25) is 0 Å². The van der Waals surface area contributed by atoms with E-state index in [2.05, 4.69) is 10.1 Å². The van der Waals surface area contributed by atoms with Crippen LogP contribution in [0.15, 0.2) is 54.7 Å². The number of hydrogen-bond acceptors (Lipinski definition) is 5. The molecule has 1 aliphatic carbocycles. The quantitative estimate of drug-likeness (QED) is 0.248. The molecule has 2 aromatic heterocycles. The van der Waals surface area contributed by atoms with Gasteiger partial charge in [-0.05, 0) is 60.7 Å². The van der Waals surface area contributed by atoms with Crippen LogP contribution in [0.3, 0.4) is 0 Å². The lowest BCUT2D eigenvalue weighted by Crippen LogP contribution is -2.19. The molecule has 0 spiro atoms. The van der Waals surface area contributed by atoms with E-state index >= 15 is 0 Å². The van der Waals surface area contributed by atoms with Crippen molar-refractivity contribution in [2.75, 3.05) is 0 Å². The number of Topliss-reactive ketones (excluding diaryl/α,β-unsaturated/α-hetero) is 1. The summed E-state index contributed by atoms with van der Waals surface area (Å²) in [7, 11) is 0. The first-order valence-corrected chi connectivity index (χ1v) is 13.2. The van der Waals surface area contributed by atoms with Gasteiger partial charge in [0.25, 0.3) is 5.91 Å². The Morgan fingerprint density at radius 1 is 1.07 bits per heavy atom. The zero-order chi connectivity index (χ0) is 31.1. The maximum absolute atomic E-state index is 14.2. The van der Waals surface area contributed by atoms with Crippen LogP contribution in [0, 0.1) is 17.5 Å². The first-order chi connectivity index (χ1) is 20.3. The molecule has 0 bridgehead atoms. The number of aromatic nitrogens is 3. The number of primary amides is 1. The van der Waals surface area contributed by atoms with E-state index in [9.17, 15) is 41.0 Å². The number of nitrogens with zero attached hydrogens (tertiary/aromatic N) is 3. The molecule has 1 aliphatic rings. The molecule has 1 unspecified atom stereocenters. The van der Waals surface area contributed by atoms with Gasteiger partial charge in [-0.3, -0.25) is 19.3 Å². The third-order valence-corrected chi connectivity index (χ3v) is 7.33. The number of alkyl halides is 3. The van der Waals surface area contributed by atoms with Gasteiger partial charge in [0.1, 0.15) is 17.5 Å². The maximum Gasteiger partial charge on any atom is 0.435 e. The highest BCUT2D eigenvalue weighted by molar-refractivity contribution is 5.94. The number of aliphatic hydroxyl groups is 1. The predicted octanol–water partition coefficient (Wildman–Crippen LogP) is 5.45. The third-order valence-electron chi connectivity index (χ3n) is 7.33. The van der Waals surface area contributed by atoms with E-state index in [0.29, 0.717) is 17.2 Å². The topological polar surface area (TPSA) is 111 Å². The second-order valence-electron chi connectivity index (χ2n) is 10.3. The van der Waals surface area contributed by atoms with Crippen LogP contribution in [0.25, 0.3) is 11.1 Å². The summed E-state index contributed by atoms with van der Waals surface area (Å²) in [6, 6.07) is 9.65. The standard InChI is InChI=1S/C30H24F6N4O3/c31-18-9-15(10-19(32)13-18)8-17(27-21(2-1-7-38-27)16-3-4-23(33)22(12-16)29(37)43)11-20(41)14-40-24-5-6-25(42)26(24)28(39-40)30(34,35)36/h1-4,7,9-10,12-13,17,25,42H,5-6,8,11,14H2,(H2,37,43)/t17-,25?/m1/s1. The van der Waals surface area contributed by atoms with Crippen molar-refractivity contribution in [3.05, 3.63) is 106 Å². The van der Waals surface area contributed by atoms with Crippen molar-refractivity contribution in [3.8, 4) is 11.1 Å². The summed E-state index contributed by atoms with van der Waals surface area (Å²) in [5.41, 5.74) is 4.58. The number of benzene rings is 2. The molecule has 0 radical (unpaired) electrons. The van der Waals surface area contributed by atoms with E-state index in [-0.39, 0.29) is 53.8 Å². The minimum absolute atomic E-state index is 0.0560. The van der Waals surface area contributed by atoms with E-state index in [1.54, 1.807) is 12.1 Å². The molecule has 0 saturated heterocycles. The minimum Gasteiger partial charge on any atom is -0.388 e. The van der Waals surface area contributed by atoms with Gasteiger partial charge in [0, 0.05) is 41.4 Å². The highest BCUT2D eigenvalue weighted by Gasteiger charge is 2.43. The Hall–Kier alpha value is -4.52. The van der Waals surface area contributed by atoms with Crippen LogP contribution in [0.4, 0.5) is 26.3 Å². The summed E-state index contributed by atoms with van der Waals surface area (Å²) in [5, 5.41) is 13.7. The molecular weight excluding hydrogens is 578 g/mol. The Balaban J connectivity index is 1.53. The Morgan fingerprint density at radius 2 is 1.79 bits per heavy atom. The number of rotatable bonds is 9. The Labute approximate surface area is 241 Å². The van der Waals surface area contributed by atoms with Crippen molar-refractivity contribution in [3.63, 3.8) is 0 Å². The number of carbonyl (C=O) groups is 2. The van der Waals surface area contributed by atoms with Gasteiger partial charge in [0.05, 0.1) is 23.9 Å². The van der Waals surface area contributed by atoms with Crippen LogP contribution in [0.2, 0.25) is 0 Å². The molecule has 1 amide bonds. The second-order valence-corrected chi connectivity index (χ2v) is 10.3. The fourth-order valence-corrected chi connectivity index (χ4v) is 5.54. The zero-order valence-corrected chi connectivity index (χ0v) is 22.3. The highest BCUT2D eigenvalue weighted by atomic mass is 19.4. The van der Waals surface area contributed by atoms with Gasteiger partial charge >= 0.3 is 6.18 Å². The summed E-state index contributed by atoms with van der Waals surface area (Å²) < 4.78 is 84.1. The Bertz CT molecular complexity index is 1700. The number of ketones is 1. The number of nitrogens with two attached hydrogens (primary N) is 1. The third kappa shape index (κ3) is 6.31. The monoisotopic (exact) mass is 602 g/mol. The summed E-state index contributed by atoms with van der Waals surface area (Å²) in [6.07, 6.45) is -5.06. The number of fused-ring (bicyclic) bond motifs is 1. The summed E-state index contributed by atoms with van der Waals surface area (Å²) >= 11 is 0. The molecular formula is C30H24F6N4O3. The zero-order valence-electron chi connectivity index (χ0n) is 22.3. The molecule has 2 atom stereocenters. The number of pyridine rings is 1. The average molecular weight is 603 g/mol. The van der Waals surface area contributed by atoms with E-state index < -0.39 is 59.6 Å². The normalized spacial score (nSPS) is 15.4. The van der Waals surface area contributed by atoms with Crippen LogP contribution in [0.1, 0.15) is 63.4 Å². The van der Waals surface area contributed by atoms with Crippen molar-refractivity contribution in [1.82, 2.24) is 14.8 Å². The van der Waals surface area contributed by atoms with Gasteiger partial charge in [-0.1, -0.05) is 12.1 Å².